The van der Waals surface area contributed by atoms with Gasteiger partial charge in [0.25, 0.3) is 0 Å². The molecule has 1 aliphatic rings. The van der Waals surface area contributed by atoms with Gasteiger partial charge in [-0.1, -0.05) is 25.1 Å². The summed E-state index contributed by atoms with van der Waals surface area (Å²) in [6.07, 6.45) is 1.65. The third-order valence-corrected chi connectivity index (χ3v) is 3.70. The van der Waals surface area contributed by atoms with Crippen molar-refractivity contribution in [3.63, 3.8) is 0 Å². The zero-order valence-electron chi connectivity index (χ0n) is 10.6. The molecule has 0 spiro atoms. The van der Waals surface area contributed by atoms with Crippen LogP contribution in [0.5, 0.6) is 0 Å². The molecule has 6 nitrogen and oxygen atoms in total. The lowest BCUT2D eigenvalue weighted by molar-refractivity contribution is -0.139. The van der Waals surface area contributed by atoms with E-state index in [0.29, 0.717) is 17.4 Å². The smallest absolute Gasteiger partial charge is 0.307 e. The summed E-state index contributed by atoms with van der Waals surface area (Å²) in [4.78, 5) is 19.5. The van der Waals surface area contributed by atoms with Crippen LogP contribution in [0.15, 0.2) is 28.9 Å². The van der Waals surface area contributed by atoms with Gasteiger partial charge in [-0.3, -0.25) is 9.78 Å². The molecule has 6 heteroatoms. The fraction of sp³-hybridized carbons (Fsp3) is 0.385. The van der Waals surface area contributed by atoms with Crippen LogP contribution in [0, 0.1) is 11.3 Å². The van der Waals surface area contributed by atoms with Gasteiger partial charge in [-0.05, 0) is 17.5 Å². The lowest BCUT2D eigenvalue weighted by atomic mass is 10.1. The Morgan fingerprint density at radius 1 is 1.42 bits per heavy atom. The second kappa shape index (κ2) is 3.88. The highest BCUT2D eigenvalue weighted by atomic mass is 16.5. The summed E-state index contributed by atoms with van der Waals surface area (Å²) in [6.45, 7) is 3.78. The summed E-state index contributed by atoms with van der Waals surface area (Å²) in [5.41, 5.74) is 0.266. The minimum atomic E-state index is -0.826. The minimum absolute atomic E-state index is 0.227. The highest BCUT2D eigenvalue weighted by Crippen LogP contribution is 2.64. The zero-order chi connectivity index (χ0) is 13.6. The second-order valence-corrected chi connectivity index (χ2v) is 5.29. The van der Waals surface area contributed by atoms with Crippen LogP contribution in [0.3, 0.4) is 0 Å². The Morgan fingerprint density at radius 3 is 2.79 bits per heavy atom. The first-order chi connectivity index (χ1) is 9.01. The molecule has 1 N–H and O–H groups in total. The molecule has 3 rings (SSSR count). The average molecular weight is 259 g/mol. The molecule has 2 unspecified atom stereocenters. The molecule has 19 heavy (non-hydrogen) atoms. The third kappa shape index (κ3) is 1.80. The topological polar surface area (TPSA) is 89.1 Å². The van der Waals surface area contributed by atoms with E-state index in [4.69, 9.17) is 9.63 Å². The van der Waals surface area contributed by atoms with Crippen LogP contribution < -0.4 is 0 Å². The predicted octanol–water partition coefficient (Wildman–Crippen LogP) is 1.96. The van der Waals surface area contributed by atoms with Crippen LogP contribution in [0.1, 0.15) is 25.7 Å². The van der Waals surface area contributed by atoms with Gasteiger partial charge in [-0.15, -0.1) is 0 Å². The third-order valence-electron chi connectivity index (χ3n) is 3.70. The molecule has 98 valence electrons. The number of carboxylic acids is 1. The van der Waals surface area contributed by atoms with Crippen molar-refractivity contribution in [2.45, 2.75) is 19.8 Å². The van der Waals surface area contributed by atoms with Crippen LogP contribution in [0.4, 0.5) is 0 Å². The molecule has 1 fully saturated rings. The number of carbonyl (C=O) groups is 1. The van der Waals surface area contributed by atoms with Crippen molar-refractivity contribution in [2.24, 2.45) is 11.3 Å². The fourth-order valence-corrected chi connectivity index (χ4v) is 2.52. The normalized spacial score (nSPS) is 24.1. The number of rotatable bonds is 3. The molecule has 2 atom stereocenters. The monoisotopic (exact) mass is 259 g/mol. The largest absolute Gasteiger partial charge is 0.481 e. The SMILES string of the molecule is CC1(C)C(C(=O)O)C1c1nc(-c2ccccn2)no1. The second-order valence-electron chi connectivity index (χ2n) is 5.29. The number of aromatic nitrogens is 3. The maximum Gasteiger partial charge on any atom is 0.307 e. The Balaban J connectivity index is 1.90. The van der Waals surface area contributed by atoms with Gasteiger partial charge in [0.1, 0.15) is 5.69 Å². The summed E-state index contributed by atoms with van der Waals surface area (Å²) in [5, 5.41) is 13.0. The fourth-order valence-electron chi connectivity index (χ4n) is 2.52. The molecule has 2 aromatic heterocycles. The molecule has 0 bridgehead atoms. The highest BCUT2D eigenvalue weighted by Gasteiger charge is 2.65. The molecule has 2 heterocycles. The van der Waals surface area contributed by atoms with Crippen molar-refractivity contribution in [3.8, 4) is 11.5 Å². The van der Waals surface area contributed by atoms with E-state index in [0.717, 1.165) is 0 Å². The van der Waals surface area contributed by atoms with E-state index in [2.05, 4.69) is 15.1 Å². The molecule has 1 saturated carbocycles. The van der Waals surface area contributed by atoms with E-state index >= 15 is 0 Å². The van der Waals surface area contributed by atoms with Crippen molar-refractivity contribution in [3.05, 3.63) is 30.3 Å². The van der Waals surface area contributed by atoms with E-state index < -0.39 is 11.9 Å². The minimum Gasteiger partial charge on any atom is -0.481 e. The van der Waals surface area contributed by atoms with Gasteiger partial charge in [-0.2, -0.15) is 4.98 Å². The molecular formula is C13H13N3O3. The summed E-state index contributed by atoms with van der Waals surface area (Å²) in [5.74, 6) is -0.757. The Labute approximate surface area is 109 Å². The molecular weight excluding hydrogens is 246 g/mol. The molecule has 0 amide bonds. The number of nitrogens with zero attached hydrogens (tertiary/aromatic N) is 3. The van der Waals surface area contributed by atoms with Gasteiger partial charge in [0, 0.05) is 6.20 Å². The number of hydrogen-bond acceptors (Lipinski definition) is 5. The standard InChI is InChI=1S/C13H13N3O3/c1-13(2)8(9(13)12(17)18)11-15-10(16-19-11)7-5-3-4-6-14-7/h3-6,8-9H,1-2H3,(H,17,18). The van der Waals surface area contributed by atoms with E-state index in [1.54, 1.807) is 18.3 Å². The summed E-state index contributed by atoms with van der Waals surface area (Å²) >= 11 is 0. The van der Waals surface area contributed by atoms with E-state index in [9.17, 15) is 4.79 Å². The van der Waals surface area contributed by atoms with Gasteiger partial charge in [0.2, 0.25) is 11.7 Å². The summed E-state index contributed by atoms with van der Waals surface area (Å²) in [7, 11) is 0. The quantitative estimate of drug-likeness (QED) is 0.906. The Morgan fingerprint density at radius 2 is 2.21 bits per heavy atom. The van der Waals surface area contributed by atoms with Crippen molar-refractivity contribution >= 4 is 5.97 Å². The van der Waals surface area contributed by atoms with Crippen LogP contribution in [0.2, 0.25) is 0 Å². The first-order valence-corrected chi connectivity index (χ1v) is 5.99. The van der Waals surface area contributed by atoms with Crippen LogP contribution in [0.25, 0.3) is 11.5 Å². The number of pyridine rings is 1. The maximum atomic E-state index is 11.1. The van der Waals surface area contributed by atoms with Gasteiger partial charge in [-0.25, -0.2) is 0 Å². The van der Waals surface area contributed by atoms with Crippen molar-refractivity contribution < 1.29 is 14.4 Å². The maximum absolute atomic E-state index is 11.1. The highest BCUT2D eigenvalue weighted by molar-refractivity contribution is 5.77. The van der Waals surface area contributed by atoms with Crippen molar-refractivity contribution in [1.82, 2.24) is 15.1 Å². The zero-order valence-corrected chi connectivity index (χ0v) is 10.6. The van der Waals surface area contributed by atoms with Crippen LogP contribution in [-0.2, 0) is 4.79 Å². The van der Waals surface area contributed by atoms with Gasteiger partial charge in [0.05, 0.1) is 11.8 Å². The summed E-state index contributed by atoms with van der Waals surface area (Å²) < 4.78 is 5.19. The first kappa shape index (κ1) is 11.8. The van der Waals surface area contributed by atoms with Gasteiger partial charge in [0.15, 0.2) is 0 Å². The van der Waals surface area contributed by atoms with Gasteiger partial charge < -0.3 is 9.63 Å². The lowest BCUT2D eigenvalue weighted by Crippen LogP contribution is -2.03. The predicted molar refractivity (Wildman–Crippen MR) is 65.2 cm³/mol. The number of carboxylic acid groups (broad SMARTS) is 1. The molecule has 0 saturated heterocycles. The van der Waals surface area contributed by atoms with E-state index in [-0.39, 0.29) is 11.3 Å². The van der Waals surface area contributed by atoms with E-state index in [1.165, 1.54) is 0 Å². The molecule has 0 aliphatic heterocycles. The number of aliphatic carboxylic acids is 1. The van der Waals surface area contributed by atoms with Crippen LogP contribution >= 0.6 is 0 Å². The lowest BCUT2D eigenvalue weighted by Gasteiger charge is -1.96. The van der Waals surface area contributed by atoms with Crippen molar-refractivity contribution in [1.29, 1.82) is 0 Å². The van der Waals surface area contributed by atoms with Crippen molar-refractivity contribution in [2.75, 3.05) is 0 Å². The van der Waals surface area contributed by atoms with Crippen LogP contribution in [-0.4, -0.2) is 26.2 Å². The average Bonchev–Trinajstić information content (AvgIpc) is 2.76. The Kier molecular flexibility index (Phi) is 2.41. The molecule has 2 aromatic rings. The molecule has 0 aromatic carbocycles. The molecule has 1 aliphatic carbocycles. The first-order valence-electron chi connectivity index (χ1n) is 5.99. The van der Waals surface area contributed by atoms with E-state index in [1.807, 2.05) is 19.9 Å². The molecule has 0 radical (unpaired) electrons. The Hall–Kier alpha value is -2.24. The van der Waals surface area contributed by atoms with Gasteiger partial charge >= 0.3 is 5.97 Å². The Bertz CT molecular complexity index is 621. The summed E-state index contributed by atoms with van der Waals surface area (Å²) in [6, 6.07) is 5.41. The number of hydrogen-bond donors (Lipinski definition) is 1.